The molecule has 2 aromatic rings. The number of anilines is 1. The van der Waals surface area contributed by atoms with Gasteiger partial charge in [-0.3, -0.25) is 14.9 Å². The summed E-state index contributed by atoms with van der Waals surface area (Å²) in [6.45, 7) is 3.13. The number of nitro benzene ring substituents is 1. The Balaban J connectivity index is 2.15. The van der Waals surface area contributed by atoms with Gasteiger partial charge in [-0.05, 0) is 38.1 Å². The summed E-state index contributed by atoms with van der Waals surface area (Å²) in [5.74, 6) is -1.22. The van der Waals surface area contributed by atoms with Gasteiger partial charge in [0.2, 0.25) is 0 Å². The maximum atomic E-state index is 12.8. The van der Waals surface area contributed by atoms with Gasteiger partial charge < -0.3 is 9.64 Å². The number of nitrogens with zero attached hydrogens (tertiary/aromatic N) is 3. The molecule has 0 saturated carbocycles. The second kappa shape index (κ2) is 9.28. The third-order valence-corrected chi connectivity index (χ3v) is 4.04. The topological polar surface area (TPSA) is 114 Å². The first-order valence-electron chi connectivity index (χ1n) is 8.54. The summed E-state index contributed by atoms with van der Waals surface area (Å²) in [5, 5.41) is 19.7. The van der Waals surface area contributed by atoms with Gasteiger partial charge in [-0.25, -0.2) is 4.79 Å². The molecule has 0 aliphatic carbocycles. The van der Waals surface area contributed by atoms with Crippen LogP contribution in [0.5, 0.6) is 0 Å². The number of carbonyl (C=O) groups is 2. The highest BCUT2D eigenvalue weighted by Crippen LogP contribution is 2.20. The van der Waals surface area contributed by atoms with Crippen molar-refractivity contribution in [1.29, 1.82) is 5.26 Å². The fourth-order valence-corrected chi connectivity index (χ4v) is 2.62. The smallest absolute Gasteiger partial charge is 0.338 e. The normalized spacial score (nSPS) is 11.2. The van der Waals surface area contributed by atoms with Gasteiger partial charge in [0.05, 0.1) is 23.0 Å². The molecular weight excluding hydrogens is 362 g/mol. The lowest BCUT2D eigenvalue weighted by molar-refractivity contribution is -0.385. The van der Waals surface area contributed by atoms with Gasteiger partial charge in [0, 0.05) is 23.9 Å². The number of nitriles is 1. The molecule has 0 radical (unpaired) electrons. The Labute approximate surface area is 162 Å². The van der Waals surface area contributed by atoms with Crippen molar-refractivity contribution in [2.45, 2.75) is 26.4 Å². The molecule has 0 aliphatic rings. The third kappa shape index (κ3) is 4.92. The van der Waals surface area contributed by atoms with Crippen LogP contribution >= 0.6 is 0 Å². The van der Waals surface area contributed by atoms with Gasteiger partial charge in [-0.1, -0.05) is 18.2 Å². The number of para-hydroxylation sites is 1. The number of hydrogen-bond donors (Lipinski definition) is 0. The van der Waals surface area contributed by atoms with E-state index in [1.807, 2.05) is 6.07 Å². The van der Waals surface area contributed by atoms with Crippen LogP contribution in [0.25, 0.3) is 0 Å². The fraction of sp³-hybridized carbons (Fsp3) is 0.250. The lowest BCUT2D eigenvalue weighted by atomic mass is 10.1. The Morgan fingerprint density at radius 1 is 1.25 bits per heavy atom. The molecule has 28 heavy (non-hydrogen) atoms. The molecule has 0 unspecified atom stereocenters. The maximum Gasteiger partial charge on any atom is 0.338 e. The van der Waals surface area contributed by atoms with E-state index in [2.05, 4.69) is 0 Å². The van der Waals surface area contributed by atoms with Crippen LogP contribution in [0.4, 0.5) is 11.4 Å². The first kappa shape index (κ1) is 20.6. The van der Waals surface area contributed by atoms with Crippen molar-refractivity contribution in [2.75, 3.05) is 11.4 Å². The summed E-state index contributed by atoms with van der Waals surface area (Å²) in [6, 6.07) is 14.6. The number of nitro groups is 1. The van der Waals surface area contributed by atoms with Crippen LogP contribution < -0.4 is 4.90 Å². The van der Waals surface area contributed by atoms with Crippen LogP contribution in [0.2, 0.25) is 0 Å². The van der Waals surface area contributed by atoms with E-state index in [0.29, 0.717) is 11.3 Å². The van der Waals surface area contributed by atoms with Gasteiger partial charge in [0.15, 0.2) is 6.10 Å². The van der Waals surface area contributed by atoms with Crippen molar-refractivity contribution in [2.24, 2.45) is 0 Å². The highest BCUT2D eigenvalue weighted by atomic mass is 16.6. The van der Waals surface area contributed by atoms with E-state index in [1.54, 1.807) is 30.3 Å². The van der Waals surface area contributed by atoms with Crippen LogP contribution in [0.1, 0.15) is 29.3 Å². The summed E-state index contributed by atoms with van der Waals surface area (Å²) in [7, 11) is 0. The van der Waals surface area contributed by atoms with Crippen molar-refractivity contribution in [3.63, 3.8) is 0 Å². The van der Waals surface area contributed by atoms with Crippen LogP contribution in [0, 0.1) is 28.4 Å². The number of benzene rings is 2. The van der Waals surface area contributed by atoms with Crippen LogP contribution in [0.15, 0.2) is 48.5 Å². The first-order chi connectivity index (χ1) is 13.3. The fourth-order valence-electron chi connectivity index (χ4n) is 2.62. The van der Waals surface area contributed by atoms with Gasteiger partial charge >= 0.3 is 5.97 Å². The van der Waals surface area contributed by atoms with E-state index >= 15 is 0 Å². The summed E-state index contributed by atoms with van der Waals surface area (Å²) in [6.07, 6.45) is -0.968. The quantitative estimate of drug-likeness (QED) is 0.413. The molecule has 0 saturated heterocycles. The predicted molar refractivity (Wildman–Crippen MR) is 102 cm³/mol. The molecule has 0 N–H and O–H groups in total. The molecule has 0 fully saturated rings. The largest absolute Gasteiger partial charge is 0.449 e. The molecule has 2 rings (SSSR count). The third-order valence-electron chi connectivity index (χ3n) is 4.04. The van der Waals surface area contributed by atoms with E-state index in [9.17, 15) is 19.7 Å². The molecule has 0 heterocycles. The SMILES string of the molecule is Cc1cc(C(=O)O[C@H](C)C(=O)N(CCC#N)c2ccccc2)ccc1[N+](=O)[O-]. The number of hydrogen-bond acceptors (Lipinski definition) is 6. The zero-order valence-electron chi connectivity index (χ0n) is 15.5. The summed E-state index contributed by atoms with van der Waals surface area (Å²) < 4.78 is 5.25. The molecule has 1 atom stereocenters. The standard InChI is InChI=1S/C20H19N3O5/c1-14-13-16(9-10-18(14)23(26)27)20(25)28-15(2)19(24)22(12-6-11-21)17-7-4-3-5-8-17/h3-5,7-10,13,15H,6,12H2,1-2H3/t15-/m1/s1. The predicted octanol–water partition coefficient (Wildman–Crippen LogP) is 3.40. The number of amides is 1. The second-order valence-corrected chi connectivity index (χ2v) is 6.04. The lowest BCUT2D eigenvalue weighted by Crippen LogP contribution is -2.40. The second-order valence-electron chi connectivity index (χ2n) is 6.04. The average molecular weight is 381 g/mol. The average Bonchev–Trinajstić information content (AvgIpc) is 2.68. The minimum atomic E-state index is -1.10. The number of ether oxygens (including phenoxy) is 1. The van der Waals surface area contributed by atoms with Crippen LogP contribution in [-0.2, 0) is 9.53 Å². The molecule has 0 aromatic heterocycles. The molecule has 0 bridgehead atoms. The first-order valence-corrected chi connectivity index (χ1v) is 8.54. The van der Waals surface area contributed by atoms with Crippen molar-refractivity contribution in [3.05, 3.63) is 69.8 Å². The molecule has 8 heteroatoms. The Morgan fingerprint density at radius 3 is 2.50 bits per heavy atom. The minimum absolute atomic E-state index is 0.104. The van der Waals surface area contributed by atoms with Crippen molar-refractivity contribution >= 4 is 23.3 Å². The van der Waals surface area contributed by atoms with Gasteiger partial charge in [0.1, 0.15) is 0 Å². The Bertz CT molecular complexity index is 921. The van der Waals surface area contributed by atoms with Gasteiger partial charge in [-0.2, -0.15) is 5.26 Å². The number of esters is 1. The van der Waals surface area contributed by atoms with Crippen molar-refractivity contribution < 1.29 is 19.2 Å². The molecule has 0 aliphatic heterocycles. The molecule has 144 valence electrons. The van der Waals surface area contributed by atoms with Gasteiger partial charge in [0.25, 0.3) is 11.6 Å². The zero-order chi connectivity index (χ0) is 20.7. The van der Waals surface area contributed by atoms with Crippen LogP contribution in [0.3, 0.4) is 0 Å². The number of aryl methyl sites for hydroxylation is 1. The van der Waals surface area contributed by atoms with E-state index in [4.69, 9.17) is 10.00 Å². The summed E-state index contributed by atoms with van der Waals surface area (Å²) in [4.78, 5) is 36.9. The Kier molecular flexibility index (Phi) is 6.82. The highest BCUT2D eigenvalue weighted by Gasteiger charge is 2.26. The van der Waals surface area contributed by atoms with E-state index in [1.165, 1.54) is 36.9 Å². The molecule has 8 nitrogen and oxygen atoms in total. The van der Waals surface area contributed by atoms with Crippen LogP contribution in [-0.4, -0.2) is 29.4 Å². The van der Waals surface area contributed by atoms with E-state index in [0.717, 1.165) is 0 Å². The Hall–Kier alpha value is -3.73. The minimum Gasteiger partial charge on any atom is -0.449 e. The number of carbonyl (C=O) groups excluding carboxylic acids is 2. The molecule has 0 spiro atoms. The van der Waals surface area contributed by atoms with Gasteiger partial charge in [-0.15, -0.1) is 0 Å². The lowest BCUT2D eigenvalue weighted by Gasteiger charge is -2.25. The van der Waals surface area contributed by atoms with Crippen molar-refractivity contribution in [1.82, 2.24) is 0 Å². The molecule has 2 aromatic carbocycles. The van der Waals surface area contributed by atoms with Crippen molar-refractivity contribution in [3.8, 4) is 6.07 Å². The Morgan fingerprint density at radius 2 is 1.93 bits per heavy atom. The maximum absolute atomic E-state index is 12.8. The zero-order valence-corrected chi connectivity index (χ0v) is 15.5. The van der Waals surface area contributed by atoms with E-state index in [-0.39, 0.29) is 24.2 Å². The summed E-state index contributed by atoms with van der Waals surface area (Å²) in [5.41, 5.74) is 0.925. The monoisotopic (exact) mass is 381 g/mol. The highest BCUT2D eigenvalue weighted by molar-refractivity contribution is 5.99. The molecule has 1 amide bonds. The van der Waals surface area contributed by atoms with E-state index < -0.39 is 22.9 Å². The number of rotatable bonds is 7. The molecular formula is C20H19N3O5. The summed E-state index contributed by atoms with van der Waals surface area (Å²) >= 11 is 0.